The molecule has 0 heterocycles. The zero-order chi connectivity index (χ0) is 17.6. The molecule has 0 aliphatic heterocycles. The molecule has 3 rings (SSSR count). The van der Waals surface area contributed by atoms with Crippen LogP contribution in [0.1, 0.15) is 16.7 Å². The fourth-order valence-corrected chi connectivity index (χ4v) is 2.55. The summed E-state index contributed by atoms with van der Waals surface area (Å²) in [6, 6.07) is 26.0. The highest BCUT2D eigenvalue weighted by molar-refractivity contribution is 5.65. The summed E-state index contributed by atoms with van der Waals surface area (Å²) in [5, 5.41) is 27.4. The van der Waals surface area contributed by atoms with E-state index >= 15 is 0 Å². The van der Waals surface area contributed by atoms with E-state index in [0.29, 0.717) is 17.7 Å². The first-order valence-electron chi connectivity index (χ1n) is 7.75. The molecule has 3 aromatic carbocycles. The maximum atomic E-state index is 9.47. The number of nitriles is 2. The number of phenolic OH excluding ortho intramolecular Hbond substituents is 1. The molecule has 0 aliphatic rings. The molecule has 0 aromatic heterocycles. The van der Waals surface area contributed by atoms with Gasteiger partial charge in [-0.25, -0.2) is 0 Å². The molecule has 0 aliphatic carbocycles. The first-order chi connectivity index (χ1) is 12.2. The highest BCUT2D eigenvalue weighted by Crippen LogP contribution is 2.28. The molecule has 25 heavy (non-hydrogen) atoms. The standard InChI is InChI=1S/C21H15N3O/c22-13-16-1-7-19(8-2-16)24(15-18-5-11-21(25)12-6-18)20-9-3-17(14-23)4-10-20/h1-12,25H,15H2. The van der Waals surface area contributed by atoms with E-state index in [-0.39, 0.29) is 5.75 Å². The molecule has 120 valence electrons. The van der Waals surface area contributed by atoms with Gasteiger partial charge < -0.3 is 10.0 Å². The van der Waals surface area contributed by atoms with Gasteiger partial charge in [0.25, 0.3) is 0 Å². The Hall–Kier alpha value is -3.76. The van der Waals surface area contributed by atoms with Crippen molar-refractivity contribution < 1.29 is 5.11 Å². The summed E-state index contributed by atoms with van der Waals surface area (Å²) >= 11 is 0. The Morgan fingerprint density at radius 3 is 1.52 bits per heavy atom. The van der Waals surface area contributed by atoms with Crippen molar-refractivity contribution in [2.75, 3.05) is 4.90 Å². The lowest BCUT2D eigenvalue weighted by atomic mass is 10.1. The molecule has 1 N–H and O–H groups in total. The first-order valence-corrected chi connectivity index (χ1v) is 7.75. The lowest BCUT2D eigenvalue weighted by Gasteiger charge is -2.25. The monoisotopic (exact) mass is 325 g/mol. The van der Waals surface area contributed by atoms with Crippen molar-refractivity contribution in [3.63, 3.8) is 0 Å². The average molecular weight is 325 g/mol. The number of rotatable bonds is 4. The van der Waals surface area contributed by atoms with Gasteiger partial charge in [0.05, 0.1) is 23.3 Å². The zero-order valence-corrected chi connectivity index (χ0v) is 13.4. The average Bonchev–Trinajstić information content (AvgIpc) is 2.68. The van der Waals surface area contributed by atoms with Gasteiger partial charge in [0.15, 0.2) is 0 Å². The second-order valence-corrected chi connectivity index (χ2v) is 5.57. The molecule has 4 heteroatoms. The molecule has 0 atom stereocenters. The lowest BCUT2D eigenvalue weighted by molar-refractivity contribution is 0.475. The maximum Gasteiger partial charge on any atom is 0.115 e. The van der Waals surface area contributed by atoms with Crippen LogP contribution >= 0.6 is 0 Å². The van der Waals surface area contributed by atoms with Crippen LogP contribution in [-0.2, 0) is 6.54 Å². The molecule has 4 nitrogen and oxygen atoms in total. The maximum absolute atomic E-state index is 9.47. The van der Waals surface area contributed by atoms with E-state index in [9.17, 15) is 5.11 Å². The van der Waals surface area contributed by atoms with Gasteiger partial charge in [0.1, 0.15) is 5.75 Å². The Bertz CT molecular complexity index is 873. The van der Waals surface area contributed by atoms with Gasteiger partial charge in [-0.3, -0.25) is 0 Å². The van der Waals surface area contributed by atoms with Crippen molar-refractivity contribution in [2.45, 2.75) is 6.54 Å². The second-order valence-electron chi connectivity index (χ2n) is 5.57. The smallest absolute Gasteiger partial charge is 0.115 e. The van der Waals surface area contributed by atoms with Crippen molar-refractivity contribution in [3.05, 3.63) is 89.5 Å². The molecule has 3 aromatic rings. The predicted molar refractivity (Wildman–Crippen MR) is 96.3 cm³/mol. The third-order valence-corrected chi connectivity index (χ3v) is 3.89. The van der Waals surface area contributed by atoms with Crippen LogP contribution < -0.4 is 4.90 Å². The summed E-state index contributed by atoms with van der Waals surface area (Å²) in [5.41, 5.74) is 4.13. The van der Waals surface area contributed by atoms with Crippen LogP contribution in [0.5, 0.6) is 5.75 Å². The molecule has 0 radical (unpaired) electrons. The van der Waals surface area contributed by atoms with E-state index in [1.54, 1.807) is 36.4 Å². The van der Waals surface area contributed by atoms with E-state index in [1.807, 2.05) is 36.4 Å². The number of aromatic hydroxyl groups is 1. The van der Waals surface area contributed by atoms with Crippen molar-refractivity contribution >= 4 is 11.4 Å². The molecular weight excluding hydrogens is 310 g/mol. The van der Waals surface area contributed by atoms with Crippen molar-refractivity contribution in [1.29, 1.82) is 10.5 Å². The molecule has 0 spiro atoms. The van der Waals surface area contributed by atoms with Crippen LogP contribution in [0.2, 0.25) is 0 Å². The first kappa shape index (κ1) is 16.1. The summed E-state index contributed by atoms with van der Waals surface area (Å²) in [6.45, 7) is 0.595. The third-order valence-electron chi connectivity index (χ3n) is 3.89. The zero-order valence-electron chi connectivity index (χ0n) is 13.4. The number of phenols is 1. The minimum absolute atomic E-state index is 0.229. The van der Waals surface area contributed by atoms with Crippen LogP contribution in [0.25, 0.3) is 0 Å². The minimum Gasteiger partial charge on any atom is -0.508 e. The van der Waals surface area contributed by atoms with Gasteiger partial charge in [-0.05, 0) is 66.2 Å². The lowest BCUT2D eigenvalue weighted by Crippen LogP contribution is -2.16. The van der Waals surface area contributed by atoms with Gasteiger partial charge in [0.2, 0.25) is 0 Å². The van der Waals surface area contributed by atoms with Crippen LogP contribution in [0.4, 0.5) is 11.4 Å². The normalized spacial score (nSPS) is 9.84. The summed E-state index contributed by atoms with van der Waals surface area (Å²) in [4.78, 5) is 2.09. The number of hydrogen-bond acceptors (Lipinski definition) is 4. The van der Waals surface area contributed by atoms with Crippen molar-refractivity contribution in [3.8, 4) is 17.9 Å². The molecule has 0 fully saturated rings. The van der Waals surface area contributed by atoms with Gasteiger partial charge >= 0.3 is 0 Å². The van der Waals surface area contributed by atoms with E-state index in [0.717, 1.165) is 16.9 Å². The van der Waals surface area contributed by atoms with Crippen LogP contribution in [-0.4, -0.2) is 5.11 Å². The molecule has 0 unspecified atom stereocenters. The van der Waals surface area contributed by atoms with E-state index in [2.05, 4.69) is 17.0 Å². The summed E-state index contributed by atoms with van der Waals surface area (Å²) < 4.78 is 0. The Balaban J connectivity index is 1.98. The Labute approximate surface area is 146 Å². The van der Waals surface area contributed by atoms with E-state index in [1.165, 1.54) is 0 Å². The number of benzene rings is 3. The topological polar surface area (TPSA) is 71.1 Å². The fourth-order valence-electron chi connectivity index (χ4n) is 2.55. The molecular formula is C21H15N3O. The van der Waals surface area contributed by atoms with Crippen LogP contribution in [0.3, 0.4) is 0 Å². The fraction of sp³-hybridized carbons (Fsp3) is 0.0476. The SMILES string of the molecule is N#Cc1ccc(N(Cc2ccc(O)cc2)c2ccc(C#N)cc2)cc1. The number of nitrogens with zero attached hydrogens (tertiary/aromatic N) is 3. The summed E-state index contributed by atoms with van der Waals surface area (Å²) in [6.07, 6.45) is 0. The highest BCUT2D eigenvalue weighted by atomic mass is 16.3. The summed E-state index contributed by atoms with van der Waals surface area (Å²) in [7, 11) is 0. The highest BCUT2D eigenvalue weighted by Gasteiger charge is 2.11. The minimum atomic E-state index is 0.229. The van der Waals surface area contributed by atoms with E-state index < -0.39 is 0 Å². The van der Waals surface area contributed by atoms with Crippen molar-refractivity contribution in [1.82, 2.24) is 0 Å². The summed E-state index contributed by atoms with van der Waals surface area (Å²) in [5.74, 6) is 0.229. The van der Waals surface area contributed by atoms with Gasteiger partial charge in [-0.15, -0.1) is 0 Å². The van der Waals surface area contributed by atoms with Gasteiger partial charge in [0, 0.05) is 17.9 Å². The quantitative estimate of drug-likeness (QED) is 0.768. The third kappa shape index (κ3) is 3.77. The predicted octanol–water partition coefficient (Wildman–Crippen LogP) is 4.47. The van der Waals surface area contributed by atoms with Gasteiger partial charge in [-0.2, -0.15) is 10.5 Å². The molecule has 0 saturated heterocycles. The van der Waals surface area contributed by atoms with E-state index in [4.69, 9.17) is 10.5 Å². The Morgan fingerprint density at radius 2 is 1.12 bits per heavy atom. The van der Waals surface area contributed by atoms with Crippen LogP contribution in [0, 0.1) is 22.7 Å². The Kier molecular flexibility index (Phi) is 4.65. The number of anilines is 2. The van der Waals surface area contributed by atoms with Gasteiger partial charge in [-0.1, -0.05) is 12.1 Å². The second kappa shape index (κ2) is 7.21. The van der Waals surface area contributed by atoms with Crippen molar-refractivity contribution in [2.24, 2.45) is 0 Å². The Morgan fingerprint density at radius 1 is 0.680 bits per heavy atom. The largest absolute Gasteiger partial charge is 0.508 e. The molecule has 0 saturated carbocycles. The molecule has 0 bridgehead atoms. The number of hydrogen-bond donors (Lipinski definition) is 1. The van der Waals surface area contributed by atoms with Crippen LogP contribution in [0.15, 0.2) is 72.8 Å². The molecule has 0 amide bonds.